The van der Waals surface area contributed by atoms with Gasteiger partial charge in [0.2, 0.25) is 0 Å². The summed E-state index contributed by atoms with van der Waals surface area (Å²) in [5.74, 6) is -2.76. The van der Waals surface area contributed by atoms with Crippen LogP contribution in [0.2, 0.25) is 0 Å². The Balaban J connectivity index is 5.12. The molecule has 0 radical (unpaired) electrons. The second-order valence-electron chi connectivity index (χ2n) is 4.58. The Morgan fingerprint density at radius 1 is 1.23 bits per heavy atom. The molecule has 10 heteroatoms. The van der Waals surface area contributed by atoms with Gasteiger partial charge >= 0.3 is 125 Å². The van der Waals surface area contributed by atoms with Gasteiger partial charge in [0.15, 0.2) is 0 Å². The molecular weight excluding hydrogens is 325 g/mol. The van der Waals surface area contributed by atoms with Crippen molar-refractivity contribution in [2.24, 2.45) is 5.92 Å². The number of halogens is 2. The summed E-state index contributed by atoms with van der Waals surface area (Å²) in [6.45, 7) is 1.87. The molecule has 0 heterocycles. The van der Waals surface area contributed by atoms with Gasteiger partial charge < -0.3 is 0 Å². The van der Waals surface area contributed by atoms with Crippen molar-refractivity contribution in [1.29, 1.82) is 0 Å². The molecule has 0 amide bonds. The summed E-state index contributed by atoms with van der Waals surface area (Å²) in [5.41, 5.74) is 0.0616. The molecule has 0 fully saturated rings. The maximum absolute atomic E-state index is 12.7. The van der Waals surface area contributed by atoms with Gasteiger partial charge in [-0.15, -0.1) is 0 Å². The van der Waals surface area contributed by atoms with Crippen LogP contribution in [0.1, 0.15) is 20.3 Å². The molecule has 3 N–H and O–H groups in total. The first-order valence-corrected chi connectivity index (χ1v) is 7.93. The predicted octanol–water partition coefficient (Wildman–Crippen LogP) is 2.21. The van der Waals surface area contributed by atoms with Gasteiger partial charge in [-0.25, -0.2) is 0 Å². The van der Waals surface area contributed by atoms with Crippen LogP contribution < -0.4 is 0 Å². The van der Waals surface area contributed by atoms with Crippen LogP contribution in [-0.4, -0.2) is 40.5 Å². The molecule has 0 aliphatic carbocycles. The average Bonchev–Trinajstić information content (AvgIpc) is 2.38. The molecular formula is C12H19F2O7P. The molecule has 0 aliphatic heterocycles. The third kappa shape index (κ3) is 9.51. The summed E-state index contributed by atoms with van der Waals surface area (Å²) in [6, 6.07) is 0. The number of carbonyl (C=O) groups is 2. The predicted molar refractivity (Wildman–Crippen MR) is 74.8 cm³/mol. The van der Waals surface area contributed by atoms with Crippen molar-refractivity contribution < 1.29 is 42.1 Å². The van der Waals surface area contributed by atoms with Gasteiger partial charge in [0.05, 0.1) is 0 Å². The van der Waals surface area contributed by atoms with Gasteiger partial charge in [0, 0.05) is 0 Å². The summed E-state index contributed by atoms with van der Waals surface area (Å²) >= 11 is 0. The van der Waals surface area contributed by atoms with Crippen LogP contribution in [0.25, 0.3) is 0 Å². The number of rotatable bonds is 8. The summed E-state index contributed by atoms with van der Waals surface area (Å²) in [7, 11) is -5.99. The van der Waals surface area contributed by atoms with Gasteiger partial charge in [-0.3, -0.25) is 0 Å². The first kappa shape index (κ1) is 20.6. The third-order valence-corrected chi connectivity index (χ3v) is 3.13. The number of carbonyl (C=O) groups excluding carboxylic acids is 1. The summed E-state index contributed by atoms with van der Waals surface area (Å²) in [5, 5.41) is 8.72. The van der Waals surface area contributed by atoms with Gasteiger partial charge in [-0.2, -0.15) is 0 Å². The fourth-order valence-corrected chi connectivity index (χ4v) is 1.84. The van der Waals surface area contributed by atoms with E-state index < -0.39 is 32.4 Å². The zero-order valence-electron chi connectivity index (χ0n) is 12.3. The summed E-state index contributed by atoms with van der Waals surface area (Å²) in [6.07, 6.45) is 2.43. The number of esters is 1. The topological polar surface area (TPSA) is 113 Å². The van der Waals surface area contributed by atoms with Crippen molar-refractivity contribution >= 4 is 19.8 Å². The van der Waals surface area contributed by atoms with Crippen molar-refractivity contribution in [2.75, 3.05) is 13.7 Å². The monoisotopic (exact) mass is 344 g/mol. The van der Waals surface area contributed by atoms with Gasteiger partial charge in [-0.05, 0) is 0 Å². The number of aliphatic carboxylic acids is 1. The molecule has 1 unspecified atom stereocenters. The number of allylic oxidation sites excluding steroid dienone is 1. The number of ether oxygens (including phenoxy) is 1. The summed E-state index contributed by atoms with van der Waals surface area (Å²) in [4.78, 5) is 38.7. The van der Waals surface area contributed by atoms with Crippen LogP contribution in [0, 0.1) is 5.92 Å². The SMILES string of the molecule is COC(=O)C(C)=CC(CC=C(C)C(=O)O)COP(O)(O)(F)F. The molecule has 0 bridgehead atoms. The van der Waals surface area contributed by atoms with Gasteiger partial charge in [-0.1, -0.05) is 0 Å². The Hall–Kier alpha value is -1.41. The van der Waals surface area contributed by atoms with Crippen LogP contribution in [0.4, 0.5) is 8.39 Å². The van der Waals surface area contributed by atoms with E-state index in [1.54, 1.807) is 0 Å². The first-order chi connectivity index (χ1) is 9.82. The Kier molecular flexibility index (Phi) is 7.24. The summed E-state index contributed by atoms with van der Waals surface area (Å²) < 4.78 is 33.6. The molecule has 0 aliphatic rings. The fraction of sp³-hybridized carbons (Fsp3) is 0.500. The van der Waals surface area contributed by atoms with E-state index in [1.807, 2.05) is 0 Å². The Morgan fingerprint density at radius 3 is 2.18 bits per heavy atom. The zero-order chi connectivity index (χ0) is 17.6. The second-order valence-corrected chi connectivity index (χ2v) is 6.35. The van der Waals surface area contributed by atoms with Gasteiger partial charge in [0.25, 0.3) is 0 Å². The molecule has 0 aromatic rings. The first-order valence-electron chi connectivity index (χ1n) is 6.09. The maximum atomic E-state index is 12.7. The van der Waals surface area contributed by atoms with E-state index in [1.165, 1.54) is 26.0 Å². The van der Waals surface area contributed by atoms with E-state index in [0.29, 0.717) is 0 Å². The van der Waals surface area contributed by atoms with E-state index in [-0.39, 0.29) is 17.6 Å². The van der Waals surface area contributed by atoms with E-state index in [9.17, 15) is 18.0 Å². The third-order valence-electron chi connectivity index (χ3n) is 2.56. The quantitative estimate of drug-likeness (QED) is 0.351. The minimum absolute atomic E-state index is 0.0277. The zero-order valence-corrected chi connectivity index (χ0v) is 13.2. The molecule has 0 spiro atoms. The van der Waals surface area contributed by atoms with Crippen LogP contribution in [-0.2, 0) is 18.8 Å². The number of carboxylic acids is 1. The standard InChI is InChI=1S/C12H19F2O7P/c1-8(11(15)16)4-5-10(6-9(2)12(17)20-3)7-21-22(13,14,18)19/h4,6,10,18-19H,5,7H2,1-3H3,(H,15,16). The second kappa shape index (κ2) is 7.73. The molecule has 22 heavy (non-hydrogen) atoms. The van der Waals surface area contributed by atoms with Crippen LogP contribution in [0.3, 0.4) is 0 Å². The minimum atomic E-state index is -7.13. The van der Waals surface area contributed by atoms with Crippen molar-refractivity contribution in [3.05, 3.63) is 23.3 Å². The average molecular weight is 344 g/mol. The number of hydrogen-bond donors (Lipinski definition) is 3. The van der Waals surface area contributed by atoms with Crippen molar-refractivity contribution in [3.63, 3.8) is 0 Å². The molecule has 0 aromatic heterocycles. The van der Waals surface area contributed by atoms with Crippen LogP contribution in [0.15, 0.2) is 23.3 Å². The Labute approximate surface area is 126 Å². The fourth-order valence-electron chi connectivity index (χ4n) is 1.40. The molecule has 0 saturated carbocycles. The van der Waals surface area contributed by atoms with Crippen LogP contribution >= 0.6 is 7.91 Å². The van der Waals surface area contributed by atoms with Crippen molar-refractivity contribution in [1.82, 2.24) is 0 Å². The molecule has 1 atom stereocenters. The van der Waals surface area contributed by atoms with Crippen LogP contribution in [0.5, 0.6) is 0 Å². The van der Waals surface area contributed by atoms with E-state index in [0.717, 1.165) is 7.11 Å². The van der Waals surface area contributed by atoms with E-state index in [4.69, 9.17) is 14.9 Å². The van der Waals surface area contributed by atoms with Crippen molar-refractivity contribution in [2.45, 2.75) is 20.3 Å². The molecule has 128 valence electrons. The molecule has 0 saturated heterocycles. The number of methoxy groups -OCH3 is 1. The molecule has 0 aromatic carbocycles. The van der Waals surface area contributed by atoms with E-state index >= 15 is 0 Å². The van der Waals surface area contributed by atoms with E-state index in [2.05, 4.69) is 9.26 Å². The molecule has 7 nitrogen and oxygen atoms in total. The van der Waals surface area contributed by atoms with Gasteiger partial charge in [0.1, 0.15) is 0 Å². The molecule has 0 rings (SSSR count). The van der Waals surface area contributed by atoms with Crippen molar-refractivity contribution in [3.8, 4) is 0 Å². The Morgan fingerprint density at radius 2 is 1.77 bits per heavy atom. The number of hydrogen-bond acceptors (Lipinski definition) is 6. The Bertz CT molecular complexity index is 484. The normalized spacial score (nSPS) is 16.6. The number of carboxylic acid groups (broad SMARTS) is 1.